The normalized spacial score (nSPS) is 12.3. The molecule has 42 heavy (non-hydrogen) atoms. The maximum absolute atomic E-state index is 4.78. The van der Waals surface area contributed by atoms with Gasteiger partial charge in [0.25, 0.3) is 0 Å². The van der Waals surface area contributed by atoms with E-state index < -0.39 is 0 Å². The van der Waals surface area contributed by atoms with Crippen LogP contribution in [-0.4, -0.2) is 9.97 Å². The van der Waals surface area contributed by atoms with Gasteiger partial charge in [-0.2, -0.15) is 0 Å². The number of pyridine rings is 2. The lowest BCUT2D eigenvalue weighted by Crippen LogP contribution is -1.80. The number of hydrogen-bond donors (Lipinski definition) is 0. The molecular formula is C36H18N2S4. The number of nitrogens with zero attached hydrogens (tertiary/aromatic N) is 2. The molecule has 0 atom stereocenters. The van der Waals surface area contributed by atoms with Gasteiger partial charge in [0.15, 0.2) is 0 Å². The molecule has 4 aromatic carbocycles. The van der Waals surface area contributed by atoms with E-state index in [0.717, 1.165) is 11.4 Å². The van der Waals surface area contributed by atoms with Crippen LogP contribution in [0.3, 0.4) is 0 Å². The van der Waals surface area contributed by atoms with Crippen LogP contribution in [0.5, 0.6) is 0 Å². The second kappa shape index (κ2) is 8.66. The molecule has 6 aromatic heterocycles. The summed E-state index contributed by atoms with van der Waals surface area (Å²) in [6.07, 6.45) is 3.97. The van der Waals surface area contributed by atoms with Crippen molar-refractivity contribution in [3.8, 4) is 21.1 Å². The van der Waals surface area contributed by atoms with E-state index in [1.54, 1.807) is 0 Å². The summed E-state index contributed by atoms with van der Waals surface area (Å²) in [6.45, 7) is 0. The van der Waals surface area contributed by atoms with Crippen molar-refractivity contribution in [3.63, 3.8) is 0 Å². The Bertz CT molecular complexity index is 2520. The molecule has 2 nitrogen and oxygen atoms in total. The third-order valence-corrected chi connectivity index (χ3v) is 12.9. The Morgan fingerprint density at radius 1 is 0.381 bits per heavy atom. The number of rotatable bonds is 2. The van der Waals surface area contributed by atoms with E-state index in [1.807, 2.05) is 57.7 Å². The van der Waals surface area contributed by atoms with E-state index in [1.165, 1.54) is 81.0 Å². The Morgan fingerprint density at radius 3 is 1.31 bits per heavy atom. The van der Waals surface area contributed by atoms with Gasteiger partial charge in [0.05, 0.1) is 30.5 Å². The predicted octanol–water partition coefficient (Wildman–Crippen LogP) is 12.1. The average molecular weight is 607 g/mol. The van der Waals surface area contributed by atoms with Crippen molar-refractivity contribution in [1.82, 2.24) is 9.97 Å². The summed E-state index contributed by atoms with van der Waals surface area (Å²) in [5.74, 6) is 0. The zero-order chi connectivity index (χ0) is 27.4. The number of thiophene rings is 4. The summed E-state index contributed by atoms with van der Waals surface area (Å²) in [4.78, 5) is 12.0. The fourth-order valence-corrected chi connectivity index (χ4v) is 10.8. The minimum Gasteiger partial charge on any atom is -0.255 e. The van der Waals surface area contributed by atoms with E-state index in [2.05, 4.69) is 97.1 Å². The van der Waals surface area contributed by atoms with Crippen molar-refractivity contribution in [3.05, 3.63) is 109 Å². The first-order valence-electron chi connectivity index (χ1n) is 13.7. The molecule has 10 aromatic rings. The minimum absolute atomic E-state index is 1.04. The molecule has 0 aliphatic rings. The quantitative estimate of drug-likeness (QED) is 0.196. The van der Waals surface area contributed by atoms with Gasteiger partial charge in [-0.1, -0.05) is 48.5 Å². The van der Waals surface area contributed by atoms with Crippen LogP contribution in [0.25, 0.3) is 92.4 Å². The summed E-state index contributed by atoms with van der Waals surface area (Å²) in [6, 6.07) is 35.4. The van der Waals surface area contributed by atoms with Crippen molar-refractivity contribution in [2.75, 3.05) is 0 Å². The maximum atomic E-state index is 4.78. The molecule has 0 N–H and O–H groups in total. The SMILES string of the molecule is c1ccc2cc(-c3cc4cc5sc6c7cc8sc(-c9cc%10ccccc%10cn9)cc8cc7sc6c5cc4s3)ncc2c1. The van der Waals surface area contributed by atoms with Crippen molar-refractivity contribution in [2.45, 2.75) is 0 Å². The largest absolute Gasteiger partial charge is 0.255 e. The fourth-order valence-electron chi connectivity index (χ4n) is 6.01. The Hall–Kier alpha value is -4.20. The molecule has 0 aliphatic carbocycles. The first kappa shape index (κ1) is 23.4. The van der Waals surface area contributed by atoms with Crippen LogP contribution in [-0.2, 0) is 0 Å². The number of benzene rings is 4. The van der Waals surface area contributed by atoms with Gasteiger partial charge in [0, 0.05) is 52.7 Å². The zero-order valence-electron chi connectivity index (χ0n) is 21.9. The topological polar surface area (TPSA) is 25.8 Å². The van der Waals surface area contributed by atoms with Crippen molar-refractivity contribution >= 4 is 117 Å². The zero-order valence-corrected chi connectivity index (χ0v) is 25.2. The highest BCUT2D eigenvalue weighted by Crippen LogP contribution is 2.48. The fraction of sp³-hybridized carbons (Fsp3) is 0. The van der Waals surface area contributed by atoms with Crippen LogP contribution >= 0.6 is 45.3 Å². The van der Waals surface area contributed by atoms with Gasteiger partial charge >= 0.3 is 0 Å². The maximum Gasteiger partial charge on any atom is 0.0808 e. The van der Waals surface area contributed by atoms with Gasteiger partial charge in [-0.3, -0.25) is 9.97 Å². The average Bonchev–Trinajstić information content (AvgIpc) is 3.80. The Balaban J connectivity index is 1.09. The highest BCUT2D eigenvalue weighted by atomic mass is 32.1. The smallest absolute Gasteiger partial charge is 0.0808 e. The molecule has 0 saturated heterocycles. The van der Waals surface area contributed by atoms with E-state index in [4.69, 9.17) is 9.97 Å². The number of hydrogen-bond acceptors (Lipinski definition) is 6. The van der Waals surface area contributed by atoms with Gasteiger partial charge in [-0.05, 0) is 70.1 Å². The first-order valence-corrected chi connectivity index (χ1v) is 17.0. The molecule has 10 rings (SSSR count). The molecule has 0 aliphatic heterocycles. The lowest BCUT2D eigenvalue weighted by molar-refractivity contribution is 1.37. The van der Waals surface area contributed by atoms with Crippen LogP contribution in [0.2, 0.25) is 0 Å². The van der Waals surface area contributed by atoms with Crippen LogP contribution in [0.1, 0.15) is 0 Å². The lowest BCUT2D eigenvalue weighted by Gasteiger charge is -2.00. The molecule has 196 valence electrons. The Morgan fingerprint density at radius 2 is 0.833 bits per heavy atom. The summed E-state index contributed by atoms with van der Waals surface area (Å²) in [5, 5.41) is 10.1. The second-order valence-electron chi connectivity index (χ2n) is 10.7. The first-order chi connectivity index (χ1) is 20.7. The lowest BCUT2D eigenvalue weighted by atomic mass is 10.1. The summed E-state index contributed by atoms with van der Waals surface area (Å²) in [7, 11) is 0. The summed E-state index contributed by atoms with van der Waals surface area (Å²) >= 11 is 7.53. The molecule has 0 spiro atoms. The van der Waals surface area contributed by atoms with Crippen LogP contribution in [0.15, 0.2) is 109 Å². The van der Waals surface area contributed by atoms with Crippen molar-refractivity contribution < 1.29 is 0 Å². The molecule has 0 unspecified atom stereocenters. The number of fused-ring (bicyclic) bond motifs is 9. The van der Waals surface area contributed by atoms with Gasteiger partial charge < -0.3 is 0 Å². The molecule has 6 heterocycles. The summed E-state index contributed by atoms with van der Waals surface area (Å²) < 4.78 is 8.15. The van der Waals surface area contributed by atoms with E-state index in [0.29, 0.717) is 0 Å². The molecule has 0 saturated carbocycles. The highest BCUT2D eigenvalue weighted by Gasteiger charge is 2.17. The second-order valence-corrected chi connectivity index (χ2v) is 15.0. The van der Waals surface area contributed by atoms with Gasteiger partial charge in [0.1, 0.15) is 0 Å². The molecule has 0 fully saturated rings. The molecular weight excluding hydrogens is 589 g/mol. The van der Waals surface area contributed by atoms with Gasteiger partial charge in [-0.25, -0.2) is 0 Å². The van der Waals surface area contributed by atoms with E-state index in [-0.39, 0.29) is 0 Å². The third-order valence-electron chi connectivity index (χ3n) is 8.12. The Kier molecular flexibility index (Phi) is 4.82. The Labute approximate surface area is 255 Å². The monoisotopic (exact) mass is 606 g/mol. The van der Waals surface area contributed by atoms with E-state index in [9.17, 15) is 0 Å². The predicted molar refractivity (Wildman–Crippen MR) is 187 cm³/mol. The minimum atomic E-state index is 1.04. The molecule has 0 radical (unpaired) electrons. The highest BCUT2D eigenvalue weighted by molar-refractivity contribution is 7.37. The van der Waals surface area contributed by atoms with Gasteiger partial charge in [0.2, 0.25) is 0 Å². The molecule has 0 amide bonds. The van der Waals surface area contributed by atoms with Crippen molar-refractivity contribution in [1.29, 1.82) is 0 Å². The molecule has 6 heteroatoms. The van der Waals surface area contributed by atoms with E-state index >= 15 is 0 Å². The standard InChI is InChI=1S/C36H18N2S4/c1-3-7-21-17-37-27(9-19(21)5-1)33-13-23-11-31-25(15-29(23)39-33)35-36(41-31)26-16-30-24(12-32(26)42-35)14-34(40-30)28-10-20-6-2-4-8-22(20)18-38-28/h1-18H. The van der Waals surface area contributed by atoms with Crippen LogP contribution in [0.4, 0.5) is 0 Å². The molecule has 0 bridgehead atoms. The van der Waals surface area contributed by atoms with Gasteiger partial charge in [-0.15, -0.1) is 45.3 Å². The summed E-state index contributed by atoms with van der Waals surface area (Å²) in [5.41, 5.74) is 2.09. The number of aromatic nitrogens is 2. The van der Waals surface area contributed by atoms with Crippen LogP contribution < -0.4 is 0 Å². The van der Waals surface area contributed by atoms with Crippen molar-refractivity contribution in [2.24, 2.45) is 0 Å². The van der Waals surface area contributed by atoms with Crippen LogP contribution in [0, 0.1) is 0 Å². The third kappa shape index (κ3) is 3.47.